The number of aliphatic carboxylic acids is 3. The van der Waals surface area contributed by atoms with E-state index >= 15 is 0 Å². The normalized spacial score (nSPS) is 11.6. The Bertz CT molecular complexity index is 340. The summed E-state index contributed by atoms with van der Waals surface area (Å²) in [5, 5.41) is 23.7. The van der Waals surface area contributed by atoms with Gasteiger partial charge in [0.1, 0.15) is 0 Å². The molecular formula is C18H30O6. The minimum atomic E-state index is -0.935. The fraction of sp³-hybridized carbons (Fsp3) is 0.500. The predicted molar refractivity (Wildman–Crippen MR) is 95.1 cm³/mol. The number of hydrogen-bond donors (Lipinski definition) is 3. The molecule has 1 aliphatic rings. The number of rotatable bonds is 3. The second kappa shape index (κ2) is 17.0. The van der Waals surface area contributed by atoms with Crippen molar-refractivity contribution >= 4 is 17.9 Å². The molecular weight excluding hydrogens is 312 g/mol. The molecule has 0 atom stereocenters. The third-order valence-corrected chi connectivity index (χ3v) is 2.60. The first-order valence-corrected chi connectivity index (χ1v) is 7.59. The molecule has 0 spiro atoms. The largest absolute Gasteiger partial charge is 0.478 e. The van der Waals surface area contributed by atoms with E-state index in [1.54, 1.807) is 0 Å². The van der Waals surface area contributed by atoms with Crippen molar-refractivity contribution in [1.82, 2.24) is 0 Å². The fourth-order valence-electron chi connectivity index (χ4n) is 1.06. The quantitative estimate of drug-likeness (QED) is 0.660. The Hall–Kier alpha value is -2.37. The van der Waals surface area contributed by atoms with Crippen LogP contribution in [-0.2, 0) is 14.4 Å². The summed E-state index contributed by atoms with van der Waals surface area (Å²) in [6.07, 6.45) is 9.00. The van der Waals surface area contributed by atoms with Gasteiger partial charge in [0.25, 0.3) is 0 Å². The highest BCUT2D eigenvalue weighted by molar-refractivity contribution is 5.85. The van der Waals surface area contributed by atoms with Gasteiger partial charge < -0.3 is 15.3 Å². The molecule has 0 radical (unpaired) electrons. The molecule has 1 fully saturated rings. The van der Waals surface area contributed by atoms with E-state index in [-0.39, 0.29) is 16.7 Å². The van der Waals surface area contributed by atoms with Gasteiger partial charge in [-0.15, -0.1) is 0 Å². The monoisotopic (exact) mass is 342 g/mol. The molecule has 0 unspecified atom stereocenters. The molecule has 0 aromatic rings. The van der Waals surface area contributed by atoms with Gasteiger partial charge in [-0.05, 0) is 20.8 Å². The van der Waals surface area contributed by atoms with E-state index in [0.717, 1.165) is 0 Å². The Kier molecular flexibility index (Phi) is 18.8. The number of carboxylic acid groups (broad SMARTS) is 3. The summed E-state index contributed by atoms with van der Waals surface area (Å²) in [5.41, 5.74) is 0.528. The van der Waals surface area contributed by atoms with Crippen LogP contribution in [0.1, 0.15) is 59.3 Å². The van der Waals surface area contributed by atoms with Crippen molar-refractivity contribution in [2.75, 3.05) is 0 Å². The van der Waals surface area contributed by atoms with E-state index in [9.17, 15) is 14.4 Å². The molecule has 24 heavy (non-hydrogen) atoms. The van der Waals surface area contributed by atoms with Crippen molar-refractivity contribution in [1.29, 1.82) is 0 Å². The molecule has 0 heterocycles. The summed E-state index contributed by atoms with van der Waals surface area (Å²) in [6.45, 7) is 13.8. The molecule has 0 bridgehead atoms. The molecule has 0 amide bonds. The van der Waals surface area contributed by atoms with Gasteiger partial charge in [0, 0.05) is 16.7 Å². The van der Waals surface area contributed by atoms with Crippen LogP contribution in [0.15, 0.2) is 36.5 Å². The van der Waals surface area contributed by atoms with E-state index < -0.39 is 17.9 Å². The molecule has 6 heteroatoms. The predicted octanol–water partition coefficient (Wildman–Crippen LogP) is 4.28. The molecule has 0 saturated heterocycles. The second-order valence-electron chi connectivity index (χ2n) is 5.38. The summed E-state index contributed by atoms with van der Waals surface area (Å²) in [7, 11) is 0. The van der Waals surface area contributed by atoms with Crippen molar-refractivity contribution in [3.8, 4) is 0 Å². The van der Waals surface area contributed by atoms with E-state index in [4.69, 9.17) is 15.3 Å². The third-order valence-electron chi connectivity index (χ3n) is 2.60. The van der Waals surface area contributed by atoms with Crippen LogP contribution < -0.4 is 0 Å². The molecule has 0 aromatic heterocycles. The Labute approximate surface area is 144 Å². The van der Waals surface area contributed by atoms with E-state index in [1.165, 1.54) is 59.3 Å². The Balaban J connectivity index is -0.000000245. The molecule has 0 aliphatic heterocycles. The van der Waals surface area contributed by atoms with Gasteiger partial charge in [-0.25, -0.2) is 14.4 Å². The van der Waals surface area contributed by atoms with Crippen molar-refractivity contribution in [2.45, 2.75) is 59.3 Å². The lowest BCUT2D eigenvalue weighted by Gasteiger charge is -2.05. The minimum absolute atomic E-state index is 0.176. The first-order chi connectivity index (χ1) is 10.9. The zero-order valence-electron chi connectivity index (χ0n) is 14.9. The number of hydrogen-bond acceptors (Lipinski definition) is 3. The van der Waals surface area contributed by atoms with Gasteiger partial charge in [-0.3, -0.25) is 0 Å². The van der Waals surface area contributed by atoms with E-state index in [1.807, 2.05) is 0 Å². The van der Waals surface area contributed by atoms with E-state index in [2.05, 4.69) is 19.7 Å². The second-order valence-corrected chi connectivity index (χ2v) is 5.38. The first-order valence-electron chi connectivity index (χ1n) is 7.59. The maximum atomic E-state index is 9.60. The van der Waals surface area contributed by atoms with Crippen LogP contribution in [0.2, 0.25) is 0 Å². The SMILES string of the molecule is C1CCCCC1.C=C(C)C(=O)O.C=C(C)C(=O)O.C=C(C)C(=O)O. The topological polar surface area (TPSA) is 112 Å². The van der Waals surface area contributed by atoms with Crippen LogP contribution >= 0.6 is 0 Å². The summed E-state index contributed by atoms with van der Waals surface area (Å²) in [6, 6.07) is 0. The van der Waals surface area contributed by atoms with Crippen LogP contribution in [-0.4, -0.2) is 33.2 Å². The van der Waals surface area contributed by atoms with Gasteiger partial charge in [0.2, 0.25) is 0 Å². The number of carboxylic acids is 3. The zero-order valence-corrected chi connectivity index (χ0v) is 14.9. The molecule has 1 saturated carbocycles. The number of carbonyl (C=O) groups is 3. The van der Waals surface area contributed by atoms with Gasteiger partial charge in [0.15, 0.2) is 0 Å². The molecule has 3 N–H and O–H groups in total. The van der Waals surface area contributed by atoms with Crippen LogP contribution in [0.4, 0.5) is 0 Å². The van der Waals surface area contributed by atoms with Crippen molar-refractivity contribution in [3.05, 3.63) is 36.5 Å². The van der Waals surface area contributed by atoms with Gasteiger partial charge in [0.05, 0.1) is 0 Å². The van der Waals surface area contributed by atoms with Crippen LogP contribution in [0.25, 0.3) is 0 Å². The van der Waals surface area contributed by atoms with Crippen LogP contribution in [0, 0.1) is 0 Å². The van der Waals surface area contributed by atoms with Crippen LogP contribution in [0.3, 0.4) is 0 Å². The Morgan fingerprint density at radius 3 is 0.667 bits per heavy atom. The average Bonchev–Trinajstić information content (AvgIpc) is 2.50. The van der Waals surface area contributed by atoms with Gasteiger partial charge in [-0.2, -0.15) is 0 Å². The van der Waals surface area contributed by atoms with Crippen molar-refractivity contribution in [3.63, 3.8) is 0 Å². The Morgan fingerprint density at radius 2 is 0.625 bits per heavy atom. The minimum Gasteiger partial charge on any atom is -0.478 e. The standard InChI is InChI=1S/C6H12.3C4H6O2/c1-2-4-6-5-3-1;3*1-3(2)4(5)6/h1-6H2;3*1H2,2H3,(H,5,6). The lowest BCUT2D eigenvalue weighted by molar-refractivity contribution is -0.133. The smallest absolute Gasteiger partial charge is 0.330 e. The summed E-state index contributed by atoms with van der Waals surface area (Å²) in [5.74, 6) is -2.81. The summed E-state index contributed by atoms with van der Waals surface area (Å²) < 4.78 is 0. The van der Waals surface area contributed by atoms with Crippen LogP contribution in [0.5, 0.6) is 0 Å². The van der Waals surface area contributed by atoms with Gasteiger partial charge >= 0.3 is 17.9 Å². The van der Waals surface area contributed by atoms with Gasteiger partial charge in [-0.1, -0.05) is 58.3 Å². The third kappa shape index (κ3) is 27.9. The molecule has 1 rings (SSSR count). The maximum absolute atomic E-state index is 9.60. The lowest BCUT2D eigenvalue weighted by Crippen LogP contribution is -1.92. The highest BCUT2D eigenvalue weighted by Gasteiger charge is 1.95. The Morgan fingerprint density at radius 1 is 0.542 bits per heavy atom. The van der Waals surface area contributed by atoms with E-state index in [0.29, 0.717) is 0 Å². The lowest BCUT2D eigenvalue weighted by atomic mass is 10.0. The summed E-state index contributed by atoms with van der Waals surface area (Å²) >= 11 is 0. The highest BCUT2D eigenvalue weighted by atomic mass is 16.4. The zero-order chi connectivity index (χ0) is 19.7. The summed E-state index contributed by atoms with van der Waals surface area (Å²) in [4.78, 5) is 28.8. The van der Waals surface area contributed by atoms with Crippen molar-refractivity contribution < 1.29 is 29.7 Å². The van der Waals surface area contributed by atoms with Crippen molar-refractivity contribution in [2.24, 2.45) is 0 Å². The molecule has 138 valence electrons. The molecule has 1 aliphatic carbocycles. The first kappa shape index (κ1) is 26.5. The molecule has 0 aromatic carbocycles. The maximum Gasteiger partial charge on any atom is 0.330 e. The molecule has 6 nitrogen and oxygen atoms in total. The fourth-order valence-corrected chi connectivity index (χ4v) is 1.06. The average molecular weight is 342 g/mol. The highest BCUT2D eigenvalue weighted by Crippen LogP contribution is 2.15.